The van der Waals surface area contributed by atoms with Crippen molar-refractivity contribution in [2.24, 2.45) is 5.16 Å². The van der Waals surface area contributed by atoms with Crippen molar-refractivity contribution in [2.45, 2.75) is 33.1 Å². The molecule has 4 nitrogen and oxygen atoms in total. The van der Waals surface area contributed by atoms with Gasteiger partial charge in [0.05, 0.1) is 11.3 Å². The highest BCUT2D eigenvalue weighted by Gasteiger charge is 2.07. The van der Waals surface area contributed by atoms with Crippen LogP contribution in [0, 0.1) is 0 Å². The van der Waals surface area contributed by atoms with Crippen molar-refractivity contribution in [3.05, 3.63) is 108 Å². The van der Waals surface area contributed by atoms with Gasteiger partial charge in [-0.25, -0.2) is 4.79 Å². The second-order valence-electron chi connectivity index (χ2n) is 6.15. The molecule has 1 aliphatic rings. The molecule has 2 rings (SSSR count). The average Bonchev–Trinajstić information content (AvgIpc) is 2.72. The lowest BCUT2D eigenvalue weighted by atomic mass is 10.0. The van der Waals surface area contributed by atoms with E-state index in [0.717, 1.165) is 24.0 Å². The minimum Gasteiger partial charge on any atom is -0.478 e. The van der Waals surface area contributed by atoms with E-state index in [1.165, 1.54) is 0 Å². The molecule has 0 atom stereocenters. The van der Waals surface area contributed by atoms with Crippen molar-refractivity contribution in [2.75, 3.05) is 0 Å². The first-order valence-corrected chi connectivity index (χ1v) is 9.54. The molecule has 152 valence electrons. The summed E-state index contributed by atoms with van der Waals surface area (Å²) in [4.78, 5) is 16.3. The van der Waals surface area contributed by atoms with Crippen LogP contribution in [0.3, 0.4) is 0 Å². The highest BCUT2D eigenvalue weighted by Crippen LogP contribution is 2.15. The summed E-state index contributed by atoms with van der Waals surface area (Å²) in [6.45, 7) is 11.7. The lowest BCUT2D eigenvalue weighted by Crippen LogP contribution is -2.03. The molecule has 0 bridgehead atoms. The topological polar surface area (TPSA) is 58.9 Å². The van der Waals surface area contributed by atoms with E-state index in [9.17, 15) is 4.79 Å². The van der Waals surface area contributed by atoms with E-state index in [2.05, 4.69) is 43.5 Å². The van der Waals surface area contributed by atoms with Gasteiger partial charge in [-0.1, -0.05) is 79.9 Å². The molecule has 0 saturated heterocycles. The summed E-state index contributed by atoms with van der Waals surface area (Å²) in [5, 5.41) is 13.1. The fourth-order valence-electron chi connectivity index (χ4n) is 2.38. The average molecular weight is 392 g/mol. The molecular weight excluding hydrogens is 362 g/mol. The summed E-state index contributed by atoms with van der Waals surface area (Å²) in [5.41, 5.74) is 2.80. The van der Waals surface area contributed by atoms with Crippen LogP contribution in [-0.4, -0.2) is 16.8 Å². The number of carboxylic acid groups (broad SMARTS) is 1. The van der Waals surface area contributed by atoms with E-state index in [4.69, 9.17) is 9.94 Å². The van der Waals surface area contributed by atoms with Gasteiger partial charge >= 0.3 is 5.97 Å². The van der Waals surface area contributed by atoms with Crippen LogP contribution in [-0.2, 0) is 4.84 Å². The molecule has 1 aliphatic heterocycles. The molecule has 0 aromatic heterocycles. The van der Waals surface area contributed by atoms with Crippen molar-refractivity contribution in [1.29, 1.82) is 0 Å². The third-order valence-corrected chi connectivity index (χ3v) is 3.83. The van der Waals surface area contributed by atoms with Gasteiger partial charge in [-0.2, -0.15) is 0 Å². The van der Waals surface area contributed by atoms with Crippen LogP contribution < -0.4 is 0 Å². The first-order valence-electron chi connectivity index (χ1n) is 9.54. The molecule has 29 heavy (non-hydrogen) atoms. The zero-order chi connectivity index (χ0) is 21.5. The Balaban J connectivity index is 0.000000749. The second-order valence-corrected chi connectivity index (χ2v) is 6.15. The fourth-order valence-corrected chi connectivity index (χ4v) is 2.38. The van der Waals surface area contributed by atoms with Gasteiger partial charge in [-0.15, -0.1) is 0 Å². The maximum Gasteiger partial charge on any atom is 0.335 e. The van der Waals surface area contributed by atoms with Gasteiger partial charge in [0, 0.05) is 6.42 Å². The third-order valence-electron chi connectivity index (χ3n) is 3.83. The third kappa shape index (κ3) is 9.38. The molecule has 0 aliphatic carbocycles. The first-order chi connectivity index (χ1) is 14.0. The SMILES string of the molecule is C/C=C\CC.C=C/C=C/C1=C/C(=C)O/N=C(/c2ccc(C(=O)O)cc2)C/C=C\C1. The van der Waals surface area contributed by atoms with E-state index in [-0.39, 0.29) is 5.56 Å². The Hall–Kier alpha value is -3.40. The van der Waals surface area contributed by atoms with E-state index < -0.39 is 5.97 Å². The lowest BCUT2D eigenvalue weighted by Gasteiger charge is -2.08. The number of carbonyl (C=O) groups is 1. The minimum absolute atomic E-state index is 0.238. The van der Waals surface area contributed by atoms with E-state index in [0.29, 0.717) is 17.9 Å². The Morgan fingerprint density at radius 1 is 1.24 bits per heavy atom. The minimum atomic E-state index is -0.954. The highest BCUT2D eigenvalue weighted by molar-refractivity contribution is 6.01. The quantitative estimate of drug-likeness (QED) is 0.454. The second kappa shape index (κ2) is 13.7. The van der Waals surface area contributed by atoms with E-state index in [1.807, 2.05) is 31.2 Å². The lowest BCUT2D eigenvalue weighted by molar-refractivity contribution is 0.0697. The molecule has 0 unspecified atom stereocenters. The highest BCUT2D eigenvalue weighted by atomic mass is 16.6. The number of allylic oxidation sites excluding steroid dienone is 9. The fraction of sp³-hybridized carbons (Fsp3) is 0.200. The molecule has 1 N–H and O–H groups in total. The van der Waals surface area contributed by atoms with Crippen LogP contribution in [0.4, 0.5) is 0 Å². The predicted molar refractivity (Wildman–Crippen MR) is 121 cm³/mol. The van der Waals surface area contributed by atoms with Crippen LogP contribution in [0.25, 0.3) is 0 Å². The summed E-state index contributed by atoms with van der Waals surface area (Å²) < 4.78 is 0. The number of oxime groups is 1. The summed E-state index contributed by atoms with van der Waals surface area (Å²) in [5.74, 6) is -0.516. The molecule has 0 spiro atoms. The number of nitrogens with zero attached hydrogens (tertiary/aromatic N) is 1. The normalized spacial score (nSPS) is 19.2. The maximum atomic E-state index is 10.9. The molecule has 0 amide bonds. The van der Waals surface area contributed by atoms with Gasteiger partial charge in [0.1, 0.15) is 0 Å². The zero-order valence-electron chi connectivity index (χ0n) is 17.2. The molecule has 0 radical (unpaired) electrons. The zero-order valence-corrected chi connectivity index (χ0v) is 17.2. The predicted octanol–water partition coefficient (Wildman–Crippen LogP) is 6.61. The van der Waals surface area contributed by atoms with Crippen LogP contribution in [0.1, 0.15) is 49.0 Å². The Bertz CT molecular complexity index is 837. The number of hydrogen-bond acceptors (Lipinski definition) is 3. The van der Waals surface area contributed by atoms with Crippen molar-refractivity contribution in [1.82, 2.24) is 0 Å². The van der Waals surface area contributed by atoms with Crippen LogP contribution in [0.15, 0.2) is 103 Å². The summed E-state index contributed by atoms with van der Waals surface area (Å²) in [6, 6.07) is 6.55. The molecule has 0 saturated carbocycles. The Labute approximate surface area is 173 Å². The molecular formula is C25H29NO3. The monoisotopic (exact) mass is 391 g/mol. The Morgan fingerprint density at radius 2 is 1.93 bits per heavy atom. The van der Waals surface area contributed by atoms with Gasteiger partial charge in [-0.05, 0) is 49.1 Å². The van der Waals surface area contributed by atoms with Crippen LogP contribution in [0.2, 0.25) is 0 Å². The van der Waals surface area contributed by atoms with Crippen molar-refractivity contribution >= 4 is 11.7 Å². The van der Waals surface area contributed by atoms with Crippen molar-refractivity contribution in [3.63, 3.8) is 0 Å². The van der Waals surface area contributed by atoms with Gasteiger partial charge in [-0.3, -0.25) is 0 Å². The Morgan fingerprint density at radius 3 is 2.48 bits per heavy atom. The van der Waals surface area contributed by atoms with Crippen molar-refractivity contribution in [3.8, 4) is 0 Å². The number of hydrogen-bond donors (Lipinski definition) is 1. The molecule has 4 heteroatoms. The summed E-state index contributed by atoms with van der Waals surface area (Å²) >= 11 is 0. The Kier molecular flexibility index (Phi) is 11.2. The molecule has 1 aromatic carbocycles. The number of benzene rings is 1. The smallest absolute Gasteiger partial charge is 0.335 e. The molecule has 1 heterocycles. The summed E-state index contributed by atoms with van der Waals surface area (Å²) in [7, 11) is 0. The number of carboxylic acids is 1. The van der Waals surface area contributed by atoms with Crippen molar-refractivity contribution < 1.29 is 14.7 Å². The van der Waals surface area contributed by atoms with Gasteiger partial charge in [0.2, 0.25) is 0 Å². The van der Waals surface area contributed by atoms with Crippen LogP contribution >= 0.6 is 0 Å². The number of rotatable bonds is 5. The number of aromatic carboxylic acids is 1. The van der Waals surface area contributed by atoms with Gasteiger partial charge in [0.25, 0.3) is 0 Å². The molecule has 0 fully saturated rings. The van der Waals surface area contributed by atoms with Crippen LogP contribution in [0.5, 0.6) is 0 Å². The van der Waals surface area contributed by atoms with Gasteiger partial charge < -0.3 is 9.94 Å². The largest absolute Gasteiger partial charge is 0.478 e. The van der Waals surface area contributed by atoms with E-state index in [1.54, 1.807) is 30.3 Å². The molecule has 1 aromatic rings. The van der Waals surface area contributed by atoms with Gasteiger partial charge in [0.15, 0.2) is 5.76 Å². The maximum absolute atomic E-state index is 10.9. The van der Waals surface area contributed by atoms with E-state index >= 15 is 0 Å². The standard InChI is InChI=1S/C20H19NO3.C5H10/c1-3-4-7-16-8-5-6-9-19(21-24-15(2)14-16)17-10-12-18(13-11-17)20(22)23;1-3-5-4-2/h3-7,10-14H,1-2,8-9H2,(H,22,23);3,5H,4H2,1-2H3/b6-5-,7-4+,16-14-,21-19+;5-3-. The summed E-state index contributed by atoms with van der Waals surface area (Å²) in [6.07, 6.45) is 18.1. The first kappa shape index (κ1) is 23.6.